The van der Waals surface area contributed by atoms with Crippen molar-refractivity contribution in [2.75, 3.05) is 26.2 Å². The van der Waals surface area contributed by atoms with Crippen LogP contribution in [0.15, 0.2) is 72.8 Å². The highest BCUT2D eigenvalue weighted by Crippen LogP contribution is 2.16. The van der Waals surface area contributed by atoms with Gasteiger partial charge in [0.1, 0.15) is 18.6 Å². The summed E-state index contributed by atoms with van der Waals surface area (Å²) in [5.41, 5.74) is 3.96. The number of piperazine rings is 1. The lowest BCUT2D eigenvalue weighted by atomic mass is 10.1. The maximum Gasteiger partial charge on any atom is 0.253 e. The third kappa shape index (κ3) is 5.47. The van der Waals surface area contributed by atoms with E-state index in [2.05, 4.69) is 0 Å². The van der Waals surface area contributed by atoms with Crippen molar-refractivity contribution in [2.24, 2.45) is 0 Å². The zero-order valence-electron chi connectivity index (χ0n) is 18.6. The first-order chi connectivity index (χ1) is 16.0. The summed E-state index contributed by atoms with van der Waals surface area (Å²) >= 11 is 0. The highest BCUT2D eigenvalue weighted by Gasteiger charge is 2.25. The van der Waals surface area contributed by atoms with Crippen LogP contribution in [0.3, 0.4) is 0 Å². The first-order valence-corrected chi connectivity index (χ1v) is 11.0. The van der Waals surface area contributed by atoms with E-state index >= 15 is 0 Å². The van der Waals surface area contributed by atoms with Crippen LogP contribution in [0, 0.1) is 6.92 Å². The van der Waals surface area contributed by atoms with E-state index in [9.17, 15) is 14.4 Å². The normalized spacial score (nSPS) is 13.5. The number of amides is 2. The third-order valence-corrected chi connectivity index (χ3v) is 5.78. The van der Waals surface area contributed by atoms with Gasteiger partial charge in [-0.15, -0.1) is 0 Å². The molecule has 6 nitrogen and oxygen atoms in total. The summed E-state index contributed by atoms with van der Waals surface area (Å²) in [6, 6.07) is 21.9. The number of aryl methyl sites for hydroxylation is 1. The summed E-state index contributed by atoms with van der Waals surface area (Å²) in [7, 11) is 0. The van der Waals surface area contributed by atoms with Crippen molar-refractivity contribution in [3.05, 3.63) is 101 Å². The minimum atomic E-state index is -0.0330. The van der Waals surface area contributed by atoms with E-state index in [-0.39, 0.29) is 11.8 Å². The number of hydrogen-bond acceptors (Lipinski definition) is 4. The van der Waals surface area contributed by atoms with Gasteiger partial charge in [-0.3, -0.25) is 14.4 Å². The van der Waals surface area contributed by atoms with Gasteiger partial charge in [0.25, 0.3) is 11.8 Å². The van der Waals surface area contributed by atoms with E-state index in [1.807, 2.05) is 43.3 Å². The van der Waals surface area contributed by atoms with Crippen molar-refractivity contribution in [1.82, 2.24) is 9.80 Å². The molecule has 33 heavy (non-hydrogen) atoms. The Morgan fingerprint density at radius 2 is 1.24 bits per heavy atom. The summed E-state index contributed by atoms with van der Waals surface area (Å²) in [5, 5.41) is 0. The molecule has 3 aromatic carbocycles. The van der Waals surface area contributed by atoms with E-state index in [0.29, 0.717) is 55.2 Å². The number of benzene rings is 3. The Morgan fingerprint density at radius 3 is 1.73 bits per heavy atom. The molecule has 0 aliphatic carbocycles. The second-order valence-electron chi connectivity index (χ2n) is 8.12. The minimum absolute atomic E-state index is 0.00671. The number of carbonyl (C=O) groups is 3. The molecule has 1 heterocycles. The molecule has 0 N–H and O–H groups in total. The van der Waals surface area contributed by atoms with Crippen LogP contribution in [0.5, 0.6) is 5.75 Å². The van der Waals surface area contributed by atoms with E-state index in [1.54, 1.807) is 46.2 Å². The van der Waals surface area contributed by atoms with Gasteiger partial charge in [-0.05, 0) is 61.0 Å². The van der Waals surface area contributed by atoms with Crippen molar-refractivity contribution in [1.29, 1.82) is 0 Å². The highest BCUT2D eigenvalue weighted by molar-refractivity contribution is 5.96. The first-order valence-electron chi connectivity index (χ1n) is 11.0. The fraction of sp³-hybridized carbons (Fsp3) is 0.222. The van der Waals surface area contributed by atoms with Crippen LogP contribution in [0.2, 0.25) is 0 Å². The lowest BCUT2D eigenvalue weighted by Crippen LogP contribution is -2.50. The summed E-state index contributed by atoms with van der Waals surface area (Å²) in [6.45, 7) is 4.43. The third-order valence-electron chi connectivity index (χ3n) is 5.78. The van der Waals surface area contributed by atoms with Gasteiger partial charge < -0.3 is 14.5 Å². The molecule has 2 amide bonds. The summed E-state index contributed by atoms with van der Waals surface area (Å²) in [5.74, 6) is 0.653. The van der Waals surface area contributed by atoms with Crippen LogP contribution >= 0.6 is 0 Å². The second-order valence-corrected chi connectivity index (χ2v) is 8.12. The molecule has 1 saturated heterocycles. The zero-order valence-corrected chi connectivity index (χ0v) is 18.6. The van der Waals surface area contributed by atoms with Crippen LogP contribution in [0.25, 0.3) is 0 Å². The topological polar surface area (TPSA) is 66.9 Å². The average Bonchev–Trinajstić information content (AvgIpc) is 2.88. The molecule has 0 saturated carbocycles. The van der Waals surface area contributed by atoms with Crippen molar-refractivity contribution in [2.45, 2.75) is 13.5 Å². The summed E-state index contributed by atoms with van der Waals surface area (Å²) in [4.78, 5) is 39.9. The van der Waals surface area contributed by atoms with Gasteiger partial charge in [0.15, 0.2) is 0 Å². The lowest BCUT2D eigenvalue weighted by Gasteiger charge is -2.35. The second kappa shape index (κ2) is 10.1. The SMILES string of the molecule is Cc1ccc(C(=O)N2CCN(C(=O)c3ccc(COc4ccc(C=O)cc4)cc3)CC2)cc1. The number of rotatable bonds is 6. The number of nitrogens with zero attached hydrogens (tertiary/aromatic N) is 2. The predicted molar refractivity (Wildman–Crippen MR) is 126 cm³/mol. The van der Waals surface area contributed by atoms with Gasteiger partial charge in [-0.25, -0.2) is 0 Å². The molecule has 1 fully saturated rings. The molecule has 6 heteroatoms. The first kappa shape index (κ1) is 22.3. The highest BCUT2D eigenvalue weighted by atomic mass is 16.5. The monoisotopic (exact) mass is 442 g/mol. The van der Waals surface area contributed by atoms with Crippen molar-refractivity contribution in [3.8, 4) is 5.75 Å². The van der Waals surface area contributed by atoms with Crippen LogP contribution in [-0.4, -0.2) is 54.1 Å². The van der Waals surface area contributed by atoms with Gasteiger partial charge in [0, 0.05) is 42.9 Å². The predicted octanol–water partition coefficient (Wildman–Crippen LogP) is 3.98. The van der Waals surface area contributed by atoms with Gasteiger partial charge in [-0.1, -0.05) is 29.8 Å². The van der Waals surface area contributed by atoms with Crippen LogP contribution in [0.1, 0.15) is 42.2 Å². The summed E-state index contributed by atoms with van der Waals surface area (Å²) < 4.78 is 5.74. The Kier molecular flexibility index (Phi) is 6.83. The number of hydrogen-bond donors (Lipinski definition) is 0. The van der Waals surface area contributed by atoms with E-state index in [4.69, 9.17) is 4.74 Å². The maximum absolute atomic E-state index is 12.9. The van der Waals surface area contributed by atoms with Gasteiger partial charge >= 0.3 is 0 Å². The smallest absolute Gasteiger partial charge is 0.253 e. The minimum Gasteiger partial charge on any atom is -0.489 e. The molecule has 3 aromatic rings. The average molecular weight is 443 g/mol. The van der Waals surface area contributed by atoms with Crippen molar-refractivity contribution >= 4 is 18.1 Å². The molecule has 168 valence electrons. The van der Waals surface area contributed by atoms with Crippen molar-refractivity contribution in [3.63, 3.8) is 0 Å². The molecule has 0 spiro atoms. The van der Waals surface area contributed by atoms with Crippen LogP contribution in [-0.2, 0) is 6.61 Å². The molecular weight excluding hydrogens is 416 g/mol. The molecule has 0 bridgehead atoms. The zero-order chi connectivity index (χ0) is 23.2. The summed E-state index contributed by atoms with van der Waals surface area (Å²) in [6.07, 6.45) is 0.793. The van der Waals surface area contributed by atoms with E-state index in [0.717, 1.165) is 17.4 Å². The Labute approximate surface area is 193 Å². The molecule has 0 atom stereocenters. The number of ether oxygens (including phenoxy) is 1. The Balaban J connectivity index is 1.29. The number of aldehydes is 1. The van der Waals surface area contributed by atoms with E-state index in [1.165, 1.54) is 0 Å². The molecule has 1 aliphatic heterocycles. The largest absolute Gasteiger partial charge is 0.489 e. The number of carbonyl (C=O) groups excluding carboxylic acids is 3. The molecule has 1 aliphatic rings. The van der Waals surface area contributed by atoms with Gasteiger partial charge in [0.05, 0.1) is 0 Å². The fourth-order valence-electron chi connectivity index (χ4n) is 3.73. The van der Waals surface area contributed by atoms with Crippen molar-refractivity contribution < 1.29 is 19.1 Å². The Hall–Kier alpha value is -3.93. The van der Waals surface area contributed by atoms with E-state index < -0.39 is 0 Å². The lowest BCUT2D eigenvalue weighted by molar-refractivity contribution is 0.0535. The Morgan fingerprint density at radius 1 is 0.758 bits per heavy atom. The molecule has 4 rings (SSSR count). The quantitative estimate of drug-likeness (QED) is 0.542. The molecule has 0 unspecified atom stereocenters. The van der Waals surface area contributed by atoms with Crippen LogP contribution < -0.4 is 4.74 Å². The van der Waals surface area contributed by atoms with Gasteiger partial charge in [-0.2, -0.15) is 0 Å². The molecular formula is C27H26N2O4. The van der Waals surface area contributed by atoms with Crippen LogP contribution in [0.4, 0.5) is 0 Å². The van der Waals surface area contributed by atoms with Gasteiger partial charge in [0.2, 0.25) is 0 Å². The molecule has 0 aromatic heterocycles. The standard InChI is InChI=1S/C27H26N2O4/c1-20-2-8-23(9-3-20)26(31)28-14-16-29(17-15-28)27(32)24-10-4-22(5-11-24)19-33-25-12-6-21(18-30)7-13-25/h2-13,18H,14-17,19H2,1H3. The maximum atomic E-state index is 12.9. The fourth-order valence-corrected chi connectivity index (χ4v) is 3.73. The molecule has 0 radical (unpaired) electrons. The Bertz CT molecular complexity index is 1110.